The zero-order valence-corrected chi connectivity index (χ0v) is 22.3. The van der Waals surface area contributed by atoms with Gasteiger partial charge in [-0.25, -0.2) is 0 Å². The van der Waals surface area contributed by atoms with Gasteiger partial charge in [0.05, 0.1) is 17.5 Å². The standard InChI is InChI=1S/C30H39N3O2S/c1-19-28(24-8-4-5-9-25(24)36-19)32-14-12-31(13-15-32)17-22-6-2-3-7-23(22)18-33-29(34)26-20-10-11-21(16-20)27(26)30(33)35/h4-5,8-9,20-23,26-27H,2-3,6-7,10-18H2,1H3/t20-,21+,22-,23-,26+,27-/m0/s1. The summed E-state index contributed by atoms with van der Waals surface area (Å²) in [5.74, 6) is 2.50. The maximum absolute atomic E-state index is 13.3. The summed E-state index contributed by atoms with van der Waals surface area (Å²) < 4.78 is 1.39. The number of amides is 2. The number of hydrogen-bond donors (Lipinski definition) is 0. The van der Waals surface area contributed by atoms with Gasteiger partial charge in [0, 0.05) is 54.2 Å². The SMILES string of the molecule is Cc1sc2ccccc2c1N1CCN(C[C@@H]2CCCC[C@H]2CN2C(=O)[C@@H]3[C@H]4CC[C@H](C4)[C@@H]3C2=O)CC1. The summed E-state index contributed by atoms with van der Waals surface area (Å²) in [7, 11) is 0. The minimum atomic E-state index is 0.0306. The van der Waals surface area contributed by atoms with E-state index in [2.05, 4.69) is 41.0 Å². The molecule has 0 unspecified atom stereocenters. The van der Waals surface area contributed by atoms with Crippen molar-refractivity contribution < 1.29 is 9.59 Å². The molecule has 0 N–H and O–H groups in total. The largest absolute Gasteiger partial charge is 0.368 e. The Balaban J connectivity index is 0.995. The maximum atomic E-state index is 13.3. The highest BCUT2D eigenvalue weighted by Crippen LogP contribution is 2.56. The average molecular weight is 506 g/mol. The lowest BCUT2D eigenvalue weighted by Gasteiger charge is -2.41. The molecule has 0 radical (unpaired) electrons. The third-order valence-corrected chi connectivity index (χ3v) is 11.5. The number of hydrogen-bond acceptors (Lipinski definition) is 5. The monoisotopic (exact) mass is 505 g/mol. The van der Waals surface area contributed by atoms with Crippen molar-refractivity contribution >= 4 is 38.9 Å². The predicted molar refractivity (Wildman–Crippen MR) is 145 cm³/mol. The van der Waals surface area contributed by atoms with Gasteiger partial charge in [-0.3, -0.25) is 19.4 Å². The van der Waals surface area contributed by atoms with Crippen molar-refractivity contribution in [1.82, 2.24) is 9.80 Å². The summed E-state index contributed by atoms with van der Waals surface area (Å²) in [6, 6.07) is 8.81. The van der Waals surface area contributed by atoms with Crippen LogP contribution in [0.25, 0.3) is 10.1 Å². The Bertz CT molecular complexity index is 1140. The molecule has 2 amide bonds. The molecule has 3 heterocycles. The van der Waals surface area contributed by atoms with E-state index < -0.39 is 0 Å². The molecule has 36 heavy (non-hydrogen) atoms. The number of rotatable bonds is 5. The van der Waals surface area contributed by atoms with Gasteiger partial charge in [0.1, 0.15) is 0 Å². The van der Waals surface area contributed by atoms with E-state index in [-0.39, 0.29) is 23.7 Å². The zero-order valence-electron chi connectivity index (χ0n) is 21.5. The molecule has 1 aromatic carbocycles. The molecule has 3 saturated carbocycles. The van der Waals surface area contributed by atoms with Crippen LogP contribution in [0.15, 0.2) is 24.3 Å². The van der Waals surface area contributed by atoms with Crippen LogP contribution in [0.3, 0.4) is 0 Å². The Kier molecular flexibility index (Phi) is 5.88. The predicted octanol–water partition coefficient (Wildman–Crippen LogP) is 5.17. The summed E-state index contributed by atoms with van der Waals surface area (Å²) in [6.45, 7) is 8.43. The third-order valence-electron chi connectivity index (χ3n) is 10.4. The molecular formula is C30H39N3O2S. The van der Waals surface area contributed by atoms with Crippen molar-refractivity contribution in [3.63, 3.8) is 0 Å². The van der Waals surface area contributed by atoms with Crippen LogP contribution in [0.2, 0.25) is 0 Å². The number of nitrogens with zero attached hydrogens (tertiary/aromatic N) is 3. The number of aryl methyl sites for hydroxylation is 1. The van der Waals surface area contributed by atoms with Crippen molar-refractivity contribution in [3.8, 4) is 0 Å². The van der Waals surface area contributed by atoms with Crippen LogP contribution < -0.4 is 4.90 Å². The minimum absolute atomic E-state index is 0.0306. The van der Waals surface area contributed by atoms with Crippen molar-refractivity contribution in [2.24, 2.45) is 35.5 Å². The fraction of sp³-hybridized carbons (Fsp3) is 0.667. The molecule has 2 saturated heterocycles. The fourth-order valence-electron chi connectivity index (χ4n) is 8.68. The molecule has 3 aliphatic carbocycles. The molecule has 2 aromatic rings. The van der Waals surface area contributed by atoms with Gasteiger partial charge < -0.3 is 4.90 Å². The van der Waals surface area contributed by atoms with Gasteiger partial charge in [-0.2, -0.15) is 0 Å². The normalized spacial score (nSPS) is 34.8. The molecule has 5 nitrogen and oxygen atoms in total. The quantitative estimate of drug-likeness (QED) is 0.526. The highest BCUT2D eigenvalue weighted by Gasteiger charge is 2.61. The van der Waals surface area contributed by atoms with Crippen LogP contribution in [0.5, 0.6) is 0 Å². The van der Waals surface area contributed by atoms with E-state index in [1.54, 1.807) is 4.90 Å². The van der Waals surface area contributed by atoms with Gasteiger partial charge in [0.25, 0.3) is 0 Å². The van der Waals surface area contributed by atoms with Crippen molar-refractivity contribution in [1.29, 1.82) is 0 Å². The molecule has 5 fully saturated rings. The summed E-state index contributed by atoms with van der Waals surface area (Å²) in [6.07, 6.45) is 8.40. The Labute approximate surface area is 218 Å². The van der Waals surface area contributed by atoms with Gasteiger partial charge in [-0.1, -0.05) is 31.0 Å². The highest BCUT2D eigenvalue weighted by atomic mass is 32.1. The van der Waals surface area contributed by atoms with E-state index in [0.717, 1.165) is 52.0 Å². The van der Waals surface area contributed by atoms with Gasteiger partial charge in [-0.05, 0) is 68.8 Å². The van der Waals surface area contributed by atoms with Crippen molar-refractivity contribution in [2.75, 3.05) is 44.2 Å². The fourth-order valence-corrected chi connectivity index (χ4v) is 9.77. The summed E-state index contributed by atoms with van der Waals surface area (Å²) >= 11 is 1.91. The first kappa shape index (κ1) is 23.2. The number of fused-ring (bicyclic) bond motifs is 6. The molecule has 6 heteroatoms. The van der Waals surface area contributed by atoms with Gasteiger partial charge in [-0.15, -0.1) is 11.3 Å². The van der Waals surface area contributed by atoms with E-state index in [1.807, 2.05) is 11.3 Å². The summed E-state index contributed by atoms with van der Waals surface area (Å²) in [4.78, 5) is 35.1. The number of carbonyl (C=O) groups is 2. The molecule has 6 atom stereocenters. The Morgan fingerprint density at radius 2 is 1.47 bits per heavy atom. The number of piperazine rings is 1. The van der Waals surface area contributed by atoms with Crippen LogP contribution in [-0.2, 0) is 9.59 Å². The smallest absolute Gasteiger partial charge is 0.233 e. The Morgan fingerprint density at radius 1 is 0.833 bits per heavy atom. The van der Waals surface area contributed by atoms with Crippen LogP contribution >= 0.6 is 11.3 Å². The lowest BCUT2D eigenvalue weighted by Crippen LogP contribution is -2.49. The summed E-state index contributed by atoms with van der Waals surface area (Å²) in [5.41, 5.74) is 1.44. The van der Waals surface area contributed by atoms with E-state index >= 15 is 0 Å². The summed E-state index contributed by atoms with van der Waals surface area (Å²) in [5, 5.41) is 1.40. The van der Waals surface area contributed by atoms with Gasteiger partial charge >= 0.3 is 0 Å². The molecule has 5 aliphatic rings. The topological polar surface area (TPSA) is 43.9 Å². The molecule has 2 aliphatic heterocycles. The van der Waals surface area contributed by atoms with Crippen LogP contribution in [-0.4, -0.2) is 60.9 Å². The lowest BCUT2D eigenvalue weighted by atomic mass is 9.78. The first-order valence-corrected chi connectivity index (χ1v) is 15.2. The van der Waals surface area contributed by atoms with Crippen LogP contribution in [0, 0.1) is 42.4 Å². The van der Waals surface area contributed by atoms with Crippen molar-refractivity contribution in [3.05, 3.63) is 29.1 Å². The number of likely N-dealkylation sites (tertiary alicyclic amines) is 1. The van der Waals surface area contributed by atoms with Crippen molar-refractivity contribution in [2.45, 2.75) is 51.9 Å². The number of benzene rings is 1. The first-order valence-electron chi connectivity index (χ1n) is 14.4. The number of anilines is 1. The zero-order chi connectivity index (χ0) is 24.4. The molecule has 2 bridgehead atoms. The number of carbonyl (C=O) groups excluding carboxylic acids is 2. The first-order chi connectivity index (χ1) is 17.6. The van der Waals surface area contributed by atoms with Gasteiger partial charge in [0.15, 0.2) is 0 Å². The highest BCUT2D eigenvalue weighted by molar-refractivity contribution is 7.19. The second kappa shape index (κ2) is 9.13. The lowest BCUT2D eigenvalue weighted by molar-refractivity contribution is -0.142. The molecular weight excluding hydrogens is 466 g/mol. The Hall–Kier alpha value is -1.92. The van der Waals surface area contributed by atoms with E-state index in [9.17, 15) is 9.59 Å². The second-order valence-electron chi connectivity index (χ2n) is 12.3. The maximum Gasteiger partial charge on any atom is 0.233 e. The van der Waals surface area contributed by atoms with Crippen LogP contribution in [0.4, 0.5) is 5.69 Å². The molecule has 0 spiro atoms. The van der Waals surface area contributed by atoms with E-state index in [1.165, 1.54) is 46.3 Å². The van der Waals surface area contributed by atoms with E-state index in [0.29, 0.717) is 30.2 Å². The Morgan fingerprint density at radius 3 is 2.17 bits per heavy atom. The molecule has 192 valence electrons. The van der Waals surface area contributed by atoms with E-state index in [4.69, 9.17) is 0 Å². The van der Waals surface area contributed by atoms with Crippen LogP contribution in [0.1, 0.15) is 49.8 Å². The van der Waals surface area contributed by atoms with Gasteiger partial charge in [0.2, 0.25) is 11.8 Å². The second-order valence-corrected chi connectivity index (χ2v) is 13.5. The minimum Gasteiger partial charge on any atom is -0.368 e. The number of thiophene rings is 1. The average Bonchev–Trinajstić information content (AvgIpc) is 3.64. The molecule has 1 aromatic heterocycles. The molecule has 7 rings (SSSR count). The third kappa shape index (κ3) is 3.74. The number of imide groups is 1.